The van der Waals surface area contributed by atoms with Crippen LogP contribution in [0.15, 0.2) is 45.8 Å². The number of phenols is 3. The predicted octanol–water partition coefficient (Wildman–Crippen LogP) is 0.783. The van der Waals surface area contributed by atoms with Crippen LogP contribution in [0.5, 0.6) is 23.0 Å². The van der Waals surface area contributed by atoms with E-state index >= 15 is 0 Å². The zero-order valence-corrected chi connectivity index (χ0v) is 16.2. The quantitative estimate of drug-likeness (QED) is 0.325. The Morgan fingerprint density at radius 3 is 2.39 bits per heavy atom. The number of benzene rings is 2. The molecule has 4 rings (SSSR count). The lowest BCUT2D eigenvalue weighted by atomic mass is 10.00. The topological polar surface area (TPSA) is 170 Å². The van der Waals surface area contributed by atoms with Gasteiger partial charge in [0, 0.05) is 12.1 Å². The number of aliphatic hydroxyl groups is 3. The molecule has 5 atom stereocenters. The fourth-order valence-electron chi connectivity index (χ4n) is 3.42. The van der Waals surface area contributed by atoms with Gasteiger partial charge >= 0.3 is 0 Å². The smallest absolute Gasteiger partial charge is 0.229 e. The third kappa shape index (κ3) is 3.66. The molecule has 2 aromatic carbocycles. The molecule has 31 heavy (non-hydrogen) atoms. The molecule has 0 aliphatic carbocycles. The molecule has 164 valence electrons. The summed E-state index contributed by atoms with van der Waals surface area (Å²) in [6.07, 6.45) is -5.71. The highest BCUT2D eigenvalue weighted by molar-refractivity contribution is 5.88. The molecule has 1 aliphatic heterocycles. The summed E-state index contributed by atoms with van der Waals surface area (Å²) in [4.78, 5) is 13.2. The summed E-state index contributed by atoms with van der Waals surface area (Å²) in [7, 11) is 0. The van der Waals surface area contributed by atoms with Crippen molar-refractivity contribution in [2.24, 2.45) is 0 Å². The molecular formula is C21H20O10. The predicted molar refractivity (Wildman–Crippen MR) is 106 cm³/mol. The first kappa shape index (κ1) is 20.9. The molecule has 0 bridgehead atoms. The molecule has 2 heterocycles. The fraction of sp³-hybridized carbons (Fsp3) is 0.286. The van der Waals surface area contributed by atoms with E-state index in [1.807, 2.05) is 0 Å². The standard InChI is InChI=1S/C21H20O10/c1-8-17(25)19(27)20(28)21(30-8)31-15-6-10(22)5-14-16(15)18(26)11(7-29-14)9-2-3-12(23)13(24)4-9/h2-8,17,19-25,27-28H,1H3. The fourth-order valence-corrected chi connectivity index (χ4v) is 3.42. The summed E-state index contributed by atoms with van der Waals surface area (Å²) in [6, 6.07) is 6.11. The van der Waals surface area contributed by atoms with Gasteiger partial charge < -0.3 is 44.5 Å². The maximum Gasteiger partial charge on any atom is 0.229 e. The van der Waals surface area contributed by atoms with Gasteiger partial charge in [-0.05, 0) is 24.6 Å². The molecule has 1 aliphatic rings. The summed E-state index contributed by atoms with van der Waals surface area (Å²) in [5, 5.41) is 59.2. The first-order valence-electron chi connectivity index (χ1n) is 9.34. The number of hydrogen-bond acceptors (Lipinski definition) is 10. The van der Waals surface area contributed by atoms with E-state index in [-0.39, 0.29) is 39.3 Å². The third-order valence-electron chi connectivity index (χ3n) is 5.16. The van der Waals surface area contributed by atoms with Gasteiger partial charge in [0.25, 0.3) is 0 Å². The lowest BCUT2D eigenvalue weighted by Crippen LogP contribution is -2.58. The summed E-state index contributed by atoms with van der Waals surface area (Å²) in [5.41, 5.74) is -0.315. The van der Waals surface area contributed by atoms with Crippen LogP contribution >= 0.6 is 0 Å². The van der Waals surface area contributed by atoms with E-state index < -0.39 is 41.9 Å². The van der Waals surface area contributed by atoms with Gasteiger partial charge in [0.05, 0.1) is 11.7 Å². The summed E-state index contributed by atoms with van der Waals surface area (Å²) >= 11 is 0. The Kier molecular flexibility index (Phi) is 5.23. The number of fused-ring (bicyclic) bond motifs is 1. The van der Waals surface area contributed by atoms with E-state index in [1.54, 1.807) is 0 Å². The minimum Gasteiger partial charge on any atom is -0.508 e. The van der Waals surface area contributed by atoms with Crippen molar-refractivity contribution < 1.29 is 44.5 Å². The average molecular weight is 432 g/mol. The van der Waals surface area contributed by atoms with Gasteiger partial charge in [0.2, 0.25) is 11.7 Å². The number of aliphatic hydroxyl groups excluding tert-OH is 3. The average Bonchev–Trinajstić information content (AvgIpc) is 2.72. The van der Waals surface area contributed by atoms with Crippen LogP contribution in [-0.4, -0.2) is 61.3 Å². The molecule has 0 saturated carbocycles. The van der Waals surface area contributed by atoms with Crippen LogP contribution in [0.25, 0.3) is 22.1 Å². The zero-order chi connectivity index (χ0) is 22.4. The molecule has 10 heteroatoms. The van der Waals surface area contributed by atoms with Gasteiger partial charge in [-0.3, -0.25) is 4.79 Å². The molecule has 0 amide bonds. The summed E-state index contributed by atoms with van der Waals surface area (Å²) < 4.78 is 16.5. The highest BCUT2D eigenvalue weighted by Crippen LogP contribution is 2.35. The van der Waals surface area contributed by atoms with Crippen molar-refractivity contribution in [3.8, 4) is 34.1 Å². The van der Waals surface area contributed by atoms with Crippen LogP contribution < -0.4 is 10.2 Å². The highest BCUT2D eigenvalue weighted by atomic mass is 16.7. The minimum absolute atomic E-state index is 0.0225. The number of rotatable bonds is 3. The van der Waals surface area contributed by atoms with Crippen LogP contribution in [0, 0.1) is 0 Å². The summed E-state index contributed by atoms with van der Waals surface area (Å²) in [5.74, 6) is -1.27. The number of ether oxygens (including phenoxy) is 2. The van der Waals surface area contributed by atoms with Crippen molar-refractivity contribution >= 4 is 11.0 Å². The van der Waals surface area contributed by atoms with Gasteiger partial charge in [0.1, 0.15) is 47.0 Å². The third-order valence-corrected chi connectivity index (χ3v) is 5.16. The maximum absolute atomic E-state index is 13.2. The molecule has 0 radical (unpaired) electrons. The lowest BCUT2D eigenvalue weighted by Gasteiger charge is -2.38. The Morgan fingerprint density at radius 2 is 1.68 bits per heavy atom. The van der Waals surface area contributed by atoms with E-state index in [0.717, 1.165) is 12.3 Å². The molecule has 1 aromatic heterocycles. The molecule has 5 unspecified atom stereocenters. The monoisotopic (exact) mass is 432 g/mol. The van der Waals surface area contributed by atoms with Gasteiger partial charge in [-0.15, -0.1) is 0 Å². The maximum atomic E-state index is 13.2. The Morgan fingerprint density at radius 1 is 0.935 bits per heavy atom. The molecular weight excluding hydrogens is 412 g/mol. The molecule has 6 N–H and O–H groups in total. The summed E-state index contributed by atoms with van der Waals surface area (Å²) in [6.45, 7) is 1.47. The first-order chi connectivity index (χ1) is 14.7. The minimum atomic E-state index is -1.63. The molecule has 0 spiro atoms. The second-order valence-corrected chi connectivity index (χ2v) is 7.30. The number of phenolic OH excluding ortho intramolecular Hbond substituents is 3. The van der Waals surface area contributed by atoms with Crippen molar-refractivity contribution in [2.45, 2.75) is 37.6 Å². The number of aromatic hydroxyl groups is 3. The molecule has 1 fully saturated rings. The van der Waals surface area contributed by atoms with Crippen LogP contribution in [-0.2, 0) is 4.74 Å². The van der Waals surface area contributed by atoms with Crippen LogP contribution in [0.2, 0.25) is 0 Å². The van der Waals surface area contributed by atoms with Crippen molar-refractivity contribution in [2.75, 3.05) is 0 Å². The van der Waals surface area contributed by atoms with Crippen molar-refractivity contribution in [1.82, 2.24) is 0 Å². The molecule has 3 aromatic rings. The van der Waals surface area contributed by atoms with E-state index in [2.05, 4.69) is 0 Å². The van der Waals surface area contributed by atoms with Gasteiger partial charge in [-0.2, -0.15) is 0 Å². The Hall–Kier alpha value is -3.31. The van der Waals surface area contributed by atoms with E-state index in [1.165, 1.54) is 31.2 Å². The highest BCUT2D eigenvalue weighted by Gasteiger charge is 2.43. The van der Waals surface area contributed by atoms with E-state index in [4.69, 9.17) is 13.9 Å². The van der Waals surface area contributed by atoms with Crippen molar-refractivity contribution in [3.05, 3.63) is 46.8 Å². The van der Waals surface area contributed by atoms with Crippen LogP contribution in [0.3, 0.4) is 0 Å². The second kappa shape index (κ2) is 7.75. The van der Waals surface area contributed by atoms with E-state index in [9.17, 15) is 35.4 Å². The largest absolute Gasteiger partial charge is 0.508 e. The van der Waals surface area contributed by atoms with Gasteiger partial charge in [-0.1, -0.05) is 6.07 Å². The normalized spacial score (nSPS) is 26.1. The van der Waals surface area contributed by atoms with Gasteiger partial charge in [0.15, 0.2) is 11.5 Å². The SMILES string of the molecule is CC1OC(Oc2cc(O)cc3occ(-c4ccc(O)c(O)c4)c(=O)c23)C(O)C(O)C1O. The molecule has 1 saturated heterocycles. The van der Waals surface area contributed by atoms with E-state index in [0.29, 0.717) is 0 Å². The van der Waals surface area contributed by atoms with Crippen LogP contribution in [0.4, 0.5) is 0 Å². The van der Waals surface area contributed by atoms with Crippen molar-refractivity contribution in [3.63, 3.8) is 0 Å². The zero-order valence-electron chi connectivity index (χ0n) is 16.2. The first-order valence-corrected chi connectivity index (χ1v) is 9.34. The van der Waals surface area contributed by atoms with Crippen LogP contribution in [0.1, 0.15) is 6.92 Å². The number of hydrogen-bond donors (Lipinski definition) is 6. The lowest BCUT2D eigenvalue weighted by molar-refractivity contribution is -0.267. The second-order valence-electron chi connectivity index (χ2n) is 7.30. The Labute approximate surface area is 174 Å². The molecule has 10 nitrogen and oxygen atoms in total. The van der Waals surface area contributed by atoms with Crippen molar-refractivity contribution in [1.29, 1.82) is 0 Å². The van der Waals surface area contributed by atoms with Gasteiger partial charge in [-0.25, -0.2) is 0 Å². The Bertz CT molecular complexity index is 1190. The Balaban J connectivity index is 1.82.